The van der Waals surface area contributed by atoms with Crippen molar-refractivity contribution < 1.29 is 4.79 Å². The lowest BCUT2D eigenvalue weighted by atomic mass is 10.0. The van der Waals surface area contributed by atoms with Gasteiger partial charge < -0.3 is 10.2 Å². The molecule has 3 heteroatoms. The molecule has 1 saturated heterocycles. The second-order valence-electron chi connectivity index (χ2n) is 5.29. The van der Waals surface area contributed by atoms with E-state index in [1.54, 1.807) is 0 Å². The van der Waals surface area contributed by atoms with Crippen LogP contribution >= 0.6 is 0 Å². The highest BCUT2D eigenvalue weighted by atomic mass is 16.2. The molecule has 1 N–H and O–H groups in total. The normalized spacial score (nSPS) is 26.9. The van der Waals surface area contributed by atoms with Crippen LogP contribution in [0, 0.1) is 0 Å². The van der Waals surface area contributed by atoms with Crippen LogP contribution in [0.1, 0.15) is 51.4 Å². The highest BCUT2D eigenvalue weighted by molar-refractivity contribution is 5.76. The fourth-order valence-electron chi connectivity index (χ4n) is 2.95. The van der Waals surface area contributed by atoms with E-state index in [-0.39, 0.29) is 0 Å². The number of nitrogens with one attached hydrogen (secondary N) is 1. The van der Waals surface area contributed by atoms with Gasteiger partial charge in [0, 0.05) is 25.6 Å². The molecule has 1 amide bonds. The molecule has 1 atom stereocenters. The molecule has 1 saturated carbocycles. The molecule has 0 spiro atoms. The standard InChI is InChI=1S/C13H24N2O/c1-15(12-7-2-3-8-12)13(16)10-11-6-4-5-9-14-11/h11-12,14H,2-10H2,1H3. The Morgan fingerprint density at radius 3 is 2.50 bits per heavy atom. The van der Waals surface area contributed by atoms with Gasteiger partial charge in [-0.15, -0.1) is 0 Å². The lowest BCUT2D eigenvalue weighted by molar-refractivity contribution is -0.132. The van der Waals surface area contributed by atoms with E-state index < -0.39 is 0 Å². The summed E-state index contributed by atoms with van der Waals surface area (Å²) in [6.07, 6.45) is 9.42. The Bertz CT molecular complexity index is 230. The van der Waals surface area contributed by atoms with Gasteiger partial charge in [-0.2, -0.15) is 0 Å². The van der Waals surface area contributed by atoms with Crippen LogP contribution in [0.3, 0.4) is 0 Å². The molecule has 0 radical (unpaired) electrons. The maximum Gasteiger partial charge on any atom is 0.224 e. The smallest absolute Gasteiger partial charge is 0.224 e. The van der Waals surface area contributed by atoms with Crippen molar-refractivity contribution in [3.05, 3.63) is 0 Å². The van der Waals surface area contributed by atoms with Crippen molar-refractivity contribution in [3.63, 3.8) is 0 Å². The molecular formula is C13H24N2O. The molecule has 2 rings (SSSR count). The van der Waals surface area contributed by atoms with E-state index in [0.717, 1.165) is 6.54 Å². The Hall–Kier alpha value is -0.570. The third-order valence-corrected chi connectivity index (χ3v) is 4.10. The zero-order valence-corrected chi connectivity index (χ0v) is 10.4. The average Bonchev–Trinajstić information content (AvgIpc) is 2.83. The zero-order valence-electron chi connectivity index (χ0n) is 10.4. The Labute approximate surface area is 98.6 Å². The summed E-state index contributed by atoms with van der Waals surface area (Å²) in [5.41, 5.74) is 0. The lowest BCUT2D eigenvalue weighted by Gasteiger charge is -2.28. The van der Waals surface area contributed by atoms with E-state index in [1.165, 1.54) is 44.9 Å². The van der Waals surface area contributed by atoms with Gasteiger partial charge in [-0.1, -0.05) is 19.3 Å². The molecule has 2 fully saturated rings. The van der Waals surface area contributed by atoms with E-state index in [2.05, 4.69) is 5.32 Å². The van der Waals surface area contributed by atoms with Crippen molar-refractivity contribution in [2.75, 3.05) is 13.6 Å². The summed E-state index contributed by atoms with van der Waals surface area (Å²) in [6.45, 7) is 1.09. The number of piperidine rings is 1. The Kier molecular flexibility index (Phi) is 4.22. The summed E-state index contributed by atoms with van der Waals surface area (Å²) in [6, 6.07) is 0.959. The number of rotatable bonds is 3. The van der Waals surface area contributed by atoms with Gasteiger partial charge in [-0.3, -0.25) is 4.79 Å². The molecule has 1 aliphatic carbocycles. The Morgan fingerprint density at radius 2 is 1.88 bits per heavy atom. The Balaban J connectivity index is 1.77. The van der Waals surface area contributed by atoms with Crippen molar-refractivity contribution in [1.29, 1.82) is 0 Å². The number of carbonyl (C=O) groups excluding carboxylic acids is 1. The summed E-state index contributed by atoms with van der Waals surface area (Å²) in [5, 5.41) is 3.45. The Morgan fingerprint density at radius 1 is 1.19 bits per heavy atom. The van der Waals surface area contributed by atoms with Crippen molar-refractivity contribution in [3.8, 4) is 0 Å². The summed E-state index contributed by atoms with van der Waals surface area (Å²) in [7, 11) is 1.99. The summed E-state index contributed by atoms with van der Waals surface area (Å²) in [5.74, 6) is 0.339. The van der Waals surface area contributed by atoms with Gasteiger partial charge in [-0.25, -0.2) is 0 Å². The molecule has 0 aromatic carbocycles. The molecule has 3 nitrogen and oxygen atoms in total. The van der Waals surface area contributed by atoms with Crippen LogP contribution in [0.5, 0.6) is 0 Å². The van der Waals surface area contributed by atoms with Gasteiger partial charge in [0.05, 0.1) is 0 Å². The molecule has 1 aliphatic heterocycles. The first-order valence-corrected chi connectivity index (χ1v) is 6.76. The molecule has 0 aromatic heterocycles. The van der Waals surface area contributed by atoms with Gasteiger partial charge >= 0.3 is 0 Å². The molecule has 0 bridgehead atoms. The van der Waals surface area contributed by atoms with Crippen LogP contribution in [0.15, 0.2) is 0 Å². The van der Waals surface area contributed by atoms with E-state index in [9.17, 15) is 4.79 Å². The third kappa shape index (κ3) is 2.97. The first kappa shape index (κ1) is 11.9. The molecule has 0 aromatic rings. The fraction of sp³-hybridized carbons (Fsp3) is 0.923. The quantitative estimate of drug-likeness (QED) is 0.794. The number of nitrogens with zero attached hydrogens (tertiary/aromatic N) is 1. The van der Waals surface area contributed by atoms with Gasteiger partial charge in [0.2, 0.25) is 5.91 Å². The van der Waals surface area contributed by atoms with Crippen LogP contribution in [0.2, 0.25) is 0 Å². The predicted octanol–water partition coefficient (Wildman–Crippen LogP) is 1.92. The van der Waals surface area contributed by atoms with E-state index in [4.69, 9.17) is 0 Å². The number of amides is 1. The minimum atomic E-state index is 0.339. The molecule has 1 heterocycles. The zero-order chi connectivity index (χ0) is 11.4. The summed E-state index contributed by atoms with van der Waals surface area (Å²) < 4.78 is 0. The average molecular weight is 224 g/mol. The van der Waals surface area contributed by atoms with Crippen molar-refractivity contribution in [2.24, 2.45) is 0 Å². The van der Waals surface area contributed by atoms with E-state index in [1.807, 2.05) is 11.9 Å². The third-order valence-electron chi connectivity index (χ3n) is 4.10. The predicted molar refractivity (Wildman–Crippen MR) is 65.3 cm³/mol. The largest absolute Gasteiger partial charge is 0.343 e. The molecule has 16 heavy (non-hydrogen) atoms. The number of hydrogen-bond acceptors (Lipinski definition) is 2. The van der Waals surface area contributed by atoms with Crippen molar-refractivity contribution >= 4 is 5.91 Å². The monoisotopic (exact) mass is 224 g/mol. The highest BCUT2D eigenvalue weighted by Gasteiger charge is 2.25. The van der Waals surface area contributed by atoms with Crippen LogP contribution in [-0.2, 0) is 4.79 Å². The number of carbonyl (C=O) groups is 1. The molecule has 92 valence electrons. The first-order chi connectivity index (χ1) is 7.77. The number of hydrogen-bond donors (Lipinski definition) is 1. The molecule has 1 unspecified atom stereocenters. The maximum atomic E-state index is 12.1. The van der Waals surface area contributed by atoms with Gasteiger partial charge in [0.15, 0.2) is 0 Å². The SMILES string of the molecule is CN(C(=O)CC1CCCCN1)C1CCCC1. The van der Waals surface area contributed by atoms with Crippen LogP contribution in [0.4, 0.5) is 0 Å². The highest BCUT2D eigenvalue weighted by Crippen LogP contribution is 2.23. The second kappa shape index (κ2) is 5.67. The van der Waals surface area contributed by atoms with Gasteiger partial charge in [0.25, 0.3) is 0 Å². The van der Waals surface area contributed by atoms with E-state index in [0.29, 0.717) is 24.4 Å². The lowest BCUT2D eigenvalue weighted by Crippen LogP contribution is -2.42. The van der Waals surface area contributed by atoms with E-state index >= 15 is 0 Å². The van der Waals surface area contributed by atoms with Crippen LogP contribution in [0.25, 0.3) is 0 Å². The topological polar surface area (TPSA) is 32.3 Å². The van der Waals surface area contributed by atoms with Crippen molar-refractivity contribution in [1.82, 2.24) is 10.2 Å². The van der Waals surface area contributed by atoms with Gasteiger partial charge in [-0.05, 0) is 32.2 Å². The second-order valence-corrected chi connectivity index (χ2v) is 5.29. The summed E-state index contributed by atoms with van der Waals surface area (Å²) >= 11 is 0. The molecule has 2 aliphatic rings. The van der Waals surface area contributed by atoms with Crippen LogP contribution < -0.4 is 5.32 Å². The minimum absolute atomic E-state index is 0.339. The maximum absolute atomic E-state index is 12.1. The summed E-state index contributed by atoms with van der Waals surface area (Å²) in [4.78, 5) is 14.1. The van der Waals surface area contributed by atoms with Crippen LogP contribution in [-0.4, -0.2) is 36.5 Å². The molecular weight excluding hydrogens is 200 g/mol. The van der Waals surface area contributed by atoms with Gasteiger partial charge in [0.1, 0.15) is 0 Å². The minimum Gasteiger partial charge on any atom is -0.343 e. The van der Waals surface area contributed by atoms with Crippen molar-refractivity contribution in [2.45, 2.75) is 63.5 Å². The first-order valence-electron chi connectivity index (χ1n) is 6.76. The fourth-order valence-corrected chi connectivity index (χ4v) is 2.95.